The Morgan fingerprint density at radius 2 is 1.88 bits per heavy atom. The van der Waals surface area contributed by atoms with E-state index in [0.717, 1.165) is 41.7 Å². The molecule has 10 heteroatoms. The predicted molar refractivity (Wildman–Crippen MR) is 115 cm³/mol. The third kappa shape index (κ3) is 3.63. The van der Waals surface area contributed by atoms with Gasteiger partial charge in [0.2, 0.25) is 0 Å². The fourth-order valence-electron chi connectivity index (χ4n) is 7.27. The van der Waals surface area contributed by atoms with Crippen molar-refractivity contribution in [1.82, 2.24) is 15.1 Å². The molecule has 1 amide bonds. The van der Waals surface area contributed by atoms with Gasteiger partial charge < -0.3 is 15.1 Å². The molecule has 0 saturated heterocycles. The normalized spacial score (nSPS) is 34.7. The Morgan fingerprint density at radius 1 is 1.21 bits per heavy atom. The number of fused-ring (bicyclic) bond motifs is 1. The van der Waals surface area contributed by atoms with E-state index in [1.807, 2.05) is 0 Å². The van der Waals surface area contributed by atoms with Crippen molar-refractivity contribution in [2.45, 2.75) is 63.2 Å². The number of carbonyl (C=O) groups excluding carboxylic acids is 1. The smallest absolute Gasteiger partial charge is 0.410 e. The molecule has 33 heavy (non-hydrogen) atoms. The van der Waals surface area contributed by atoms with Crippen LogP contribution in [-0.2, 0) is 0 Å². The number of aromatic nitrogens is 2. The van der Waals surface area contributed by atoms with Crippen molar-refractivity contribution in [2.75, 3.05) is 11.9 Å². The Bertz CT molecular complexity index is 1030. The summed E-state index contributed by atoms with van der Waals surface area (Å²) in [4.78, 5) is 13.0. The van der Waals surface area contributed by atoms with Crippen molar-refractivity contribution >= 4 is 23.3 Å². The molecule has 2 atom stereocenters. The van der Waals surface area contributed by atoms with Crippen molar-refractivity contribution in [3.63, 3.8) is 0 Å². The number of hydrogen-bond donors (Lipinski definition) is 2. The summed E-state index contributed by atoms with van der Waals surface area (Å²) in [7, 11) is 0. The molecule has 4 aliphatic carbocycles. The molecule has 0 aromatic carbocycles. The van der Waals surface area contributed by atoms with Crippen LogP contribution < -0.4 is 10.6 Å². The number of rotatable bonds is 4. The lowest BCUT2D eigenvalue weighted by Gasteiger charge is -2.56. The van der Waals surface area contributed by atoms with E-state index in [2.05, 4.69) is 15.7 Å². The molecule has 5 aliphatic rings. The molecule has 7 rings (SSSR count). The number of amides is 1. The first-order valence-electron chi connectivity index (χ1n) is 11.6. The molecule has 2 aromatic heterocycles. The van der Waals surface area contributed by atoms with Gasteiger partial charge in [0.1, 0.15) is 16.6 Å². The van der Waals surface area contributed by atoms with Gasteiger partial charge in [-0.05, 0) is 73.8 Å². The summed E-state index contributed by atoms with van der Waals surface area (Å²) < 4.78 is 47.8. The number of anilines is 1. The molecule has 178 valence electrons. The summed E-state index contributed by atoms with van der Waals surface area (Å²) in [6.45, 7) is 0.527. The standard InChI is InChI=1S/C23H26ClF3N4O2/c24-18-19(21(32)28-11-22-8-12-4-13(9-22)6-14(5-12)10-22)30-31-17(23(25,26)27)7-15(29-20(18)31)16-2-1-3-33-16/h1-3,12-15,17,29H,4-11H2,(H,28,32). The first-order valence-corrected chi connectivity index (χ1v) is 12.0. The highest BCUT2D eigenvalue weighted by atomic mass is 35.5. The molecular weight excluding hydrogens is 457 g/mol. The first-order chi connectivity index (χ1) is 15.7. The summed E-state index contributed by atoms with van der Waals surface area (Å²) in [5, 5.41) is 9.91. The van der Waals surface area contributed by atoms with Gasteiger partial charge in [-0.15, -0.1) is 0 Å². The molecule has 4 fully saturated rings. The minimum Gasteiger partial charge on any atom is -0.467 e. The number of alkyl halides is 3. The van der Waals surface area contributed by atoms with Crippen molar-refractivity contribution in [3.05, 3.63) is 34.9 Å². The lowest BCUT2D eigenvalue weighted by Crippen LogP contribution is -2.51. The van der Waals surface area contributed by atoms with E-state index in [-0.39, 0.29) is 28.4 Å². The van der Waals surface area contributed by atoms with Crippen molar-refractivity contribution in [3.8, 4) is 0 Å². The monoisotopic (exact) mass is 482 g/mol. The maximum absolute atomic E-state index is 13.9. The first kappa shape index (κ1) is 21.4. The summed E-state index contributed by atoms with van der Waals surface area (Å²) in [5.41, 5.74) is -0.0638. The summed E-state index contributed by atoms with van der Waals surface area (Å²) >= 11 is 6.43. The fraction of sp³-hybridized carbons (Fsp3) is 0.652. The van der Waals surface area contributed by atoms with E-state index >= 15 is 0 Å². The number of carbonyl (C=O) groups is 1. The Balaban J connectivity index is 1.24. The van der Waals surface area contributed by atoms with Crippen molar-refractivity contribution in [1.29, 1.82) is 0 Å². The Labute approximate surface area is 194 Å². The molecule has 4 saturated carbocycles. The Kier molecular flexibility index (Phi) is 4.81. The molecule has 2 N–H and O–H groups in total. The molecule has 0 radical (unpaired) electrons. The number of halogens is 4. The quantitative estimate of drug-likeness (QED) is 0.583. The van der Waals surface area contributed by atoms with Crippen LogP contribution in [0.25, 0.3) is 0 Å². The van der Waals surface area contributed by atoms with Gasteiger partial charge in [-0.1, -0.05) is 11.6 Å². The van der Waals surface area contributed by atoms with Crippen LogP contribution in [0.5, 0.6) is 0 Å². The summed E-state index contributed by atoms with van der Waals surface area (Å²) in [5.74, 6) is 2.08. The average Bonchev–Trinajstić information content (AvgIpc) is 3.38. The van der Waals surface area contributed by atoms with Crippen LogP contribution in [0.2, 0.25) is 5.02 Å². The van der Waals surface area contributed by atoms with Gasteiger partial charge in [-0.3, -0.25) is 4.79 Å². The third-order valence-corrected chi connectivity index (χ3v) is 8.54. The van der Waals surface area contributed by atoms with Gasteiger partial charge in [0.25, 0.3) is 5.91 Å². The van der Waals surface area contributed by atoms with Gasteiger partial charge in [-0.2, -0.15) is 18.3 Å². The van der Waals surface area contributed by atoms with Crippen LogP contribution in [0.1, 0.15) is 73.3 Å². The summed E-state index contributed by atoms with van der Waals surface area (Å²) in [6.07, 6.45) is 3.81. The highest BCUT2D eigenvalue weighted by Gasteiger charge is 2.51. The van der Waals surface area contributed by atoms with Crippen LogP contribution in [-0.4, -0.2) is 28.4 Å². The molecule has 2 unspecified atom stereocenters. The van der Waals surface area contributed by atoms with E-state index < -0.39 is 24.2 Å². The molecule has 1 aliphatic heterocycles. The van der Waals surface area contributed by atoms with Crippen molar-refractivity contribution in [2.24, 2.45) is 23.2 Å². The van der Waals surface area contributed by atoms with Crippen LogP contribution >= 0.6 is 11.6 Å². The second-order valence-corrected chi connectivity index (χ2v) is 10.9. The van der Waals surface area contributed by atoms with Crippen LogP contribution in [0, 0.1) is 23.2 Å². The van der Waals surface area contributed by atoms with Gasteiger partial charge in [0, 0.05) is 13.0 Å². The van der Waals surface area contributed by atoms with Crippen LogP contribution in [0.3, 0.4) is 0 Å². The number of furan rings is 1. The molecule has 2 aromatic rings. The third-order valence-electron chi connectivity index (χ3n) is 8.19. The minimum absolute atomic E-state index is 0.00778. The Hall–Kier alpha value is -2.16. The highest BCUT2D eigenvalue weighted by molar-refractivity contribution is 6.36. The largest absolute Gasteiger partial charge is 0.467 e. The molecule has 4 bridgehead atoms. The van der Waals surface area contributed by atoms with Gasteiger partial charge in [-0.25, -0.2) is 4.68 Å². The topological polar surface area (TPSA) is 72.1 Å². The molecule has 0 spiro atoms. The maximum Gasteiger partial charge on any atom is 0.410 e. The second kappa shape index (κ2) is 7.42. The second-order valence-electron chi connectivity index (χ2n) is 10.6. The molecular formula is C23H26ClF3N4O2. The van der Waals surface area contributed by atoms with Gasteiger partial charge in [0.15, 0.2) is 11.7 Å². The predicted octanol–water partition coefficient (Wildman–Crippen LogP) is 5.74. The lowest BCUT2D eigenvalue weighted by molar-refractivity contribution is -0.174. The lowest BCUT2D eigenvalue weighted by atomic mass is 9.49. The van der Waals surface area contributed by atoms with E-state index in [1.54, 1.807) is 12.1 Å². The zero-order valence-electron chi connectivity index (χ0n) is 18.0. The average molecular weight is 483 g/mol. The van der Waals surface area contributed by atoms with E-state index in [0.29, 0.717) is 12.3 Å². The van der Waals surface area contributed by atoms with E-state index in [4.69, 9.17) is 16.0 Å². The van der Waals surface area contributed by atoms with E-state index in [9.17, 15) is 18.0 Å². The zero-order chi connectivity index (χ0) is 23.0. The van der Waals surface area contributed by atoms with Crippen molar-refractivity contribution < 1.29 is 22.4 Å². The molecule has 6 nitrogen and oxygen atoms in total. The maximum atomic E-state index is 13.9. The SMILES string of the molecule is O=C(NCC12CC3CC(CC(C3)C1)C2)c1nn2c(c1Cl)NC(c1ccco1)CC2C(F)(F)F. The number of nitrogens with one attached hydrogen (secondary N) is 2. The minimum atomic E-state index is -4.55. The number of nitrogens with zero attached hydrogens (tertiary/aromatic N) is 2. The van der Waals surface area contributed by atoms with Gasteiger partial charge >= 0.3 is 6.18 Å². The molecule has 3 heterocycles. The van der Waals surface area contributed by atoms with Crippen LogP contribution in [0.4, 0.5) is 19.0 Å². The highest BCUT2D eigenvalue weighted by Crippen LogP contribution is 2.59. The number of hydrogen-bond acceptors (Lipinski definition) is 4. The van der Waals surface area contributed by atoms with E-state index in [1.165, 1.54) is 25.5 Å². The zero-order valence-corrected chi connectivity index (χ0v) is 18.8. The Morgan fingerprint density at radius 3 is 2.45 bits per heavy atom. The van der Waals surface area contributed by atoms with Crippen LogP contribution in [0.15, 0.2) is 22.8 Å². The fourth-order valence-corrected chi connectivity index (χ4v) is 7.53. The van der Waals surface area contributed by atoms with Gasteiger partial charge in [0.05, 0.1) is 12.3 Å². The summed E-state index contributed by atoms with van der Waals surface area (Å²) in [6, 6.07) is 0.600.